The molecule has 9 heteroatoms. The molecule has 0 unspecified atom stereocenters. The maximum Gasteiger partial charge on any atom is 0.414 e. The summed E-state index contributed by atoms with van der Waals surface area (Å²) in [6.45, 7) is 4.92. The summed E-state index contributed by atoms with van der Waals surface area (Å²) in [6, 6.07) is 1.12. The molecule has 1 N–H and O–H groups in total. The van der Waals surface area contributed by atoms with Gasteiger partial charge in [0.2, 0.25) is 0 Å². The van der Waals surface area contributed by atoms with Crippen LogP contribution in [-0.4, -0.2) is 48.5 Å². The summed E-state index contributed by atoms with van der Waals surface area (Å²) >= 11 is 0. The van der Waals surface area contributed by atoms with Crippen LogP contribution in [0.15, 0.2) is 17.3 Å². The fourth-order valence-corrected chi connectivity index (χ4v) is 3.24. The minimum absolute atomic E-state index is 0.0691. The molecule has 0 radical (unpaired) electrons. The van der Waals surface area contributed by atoms with Crippen molar-refractivity contribution in [3.63, 3.8) is 0 Å². The second-order valence-corrected chi connectivity index (χ2v) is 7.83. The Balaban J connectivity index is 2.51. The zero-order valence-corrected chi connectivity index (χ0v) is 13.2. The summed E-state index contributed by atoms with van der Waals surface area (Å²) < 4.78 is 29.3. The van der Waals surface area contributed by atoms with E-state index in [4.69, 9.17) is 9.84 Å². The molecule has 1 aromatic rings. The third-order valence-corrected chi connectivity index (χ3v) is 4.49. The summed E-state index contributed by atoms with van der Waals surface area (Å²) in [5.41, 5.74) is -1.03. The second kappa shape index (κ2) is 5.24. The summed E-state index contributed by atoms with van der Waals surface area (Å²) in [7, 11) is -3.65. The molecule has 22 heavy (non-hydrogen) atoms. The van der Waals surface area contributed by atoms with Crippen molar-refractivity contribution in [1.29, 1.82) is 0 Å². The first-order chi connectivity index (χ1) is 10.0. The Hall–Kier alpha value is -2.16. The van der Waals surface area contributed by atoms with E-state index < -0.39 is 27.5 Å². The van der Waals surface area contributed by atoms with E-state index in [0.717, 1.165) is 17.2 Å². The van der Waals surface area contributed by atoms with Crippen LogP contribution in [0.5, 0.6) is 0 Å². The Labute approximate surface area is 127 Å². The zero-order valence-electron chi connectivity index (χ0n) is 12.4. The van der Waals surface area contributed by atoms with Crippen LogP contribution in [0.25, 0.3) is 0 Å². The Morgan fingerprint density at radius 2 is 2.00 bits per heavy atom. The summed E-state index contributed by atoms with van der Waals surface area (Å²) in [4.78, 5) is 28.0. The molecule has 1 aromatic heterocycles. The lowest BCUT2D eigenvalue weighted by molar-refractivity contribution is 0.0579. The van der Waals surface area contributed by atoms with Gasteiger partial charge in [0.1, 0.15) is 5.60 Å². The molecule has 0 spiro atoms. The highest BCUT2D eigenvalue weighted by atomic mass is 32.2. The van der Waals surface area contributed by atoms with E-state index in [9.17, 15) is 18.0 Å². The van der Waals surface area contributed by atoms with E-state index in [2.05, 4.69) is 4.98 Å². The lowest BCUT2D eigenvalue weighted by Crippen LogP contribution is -2.43. The van der Waals surface area contributed by atoms with Crippen LogP contribution < -0.4 is 4.90 Å². The van der Waals surface area contributed by atoms with Crippen LogP contribution >= 0.6 is 0 Å². The van der Waals surface area contributed by atoms with Gasteiger partial charge in [0.05, 0.1) is 17.0 Å². The molecular weight excluding hydrogens is 312 g/mol. The first-order valence-corrected chi connectivity index (χ1v) is 8.13. The average Bonchev–Trinajstić information content (AvgIpc) is 2.35. The van der Waals surface area contributed by atoms with Gasteiger partial charge in [-0.25, -0.2) is 23.0 Å². The molecule has 1 aliphatic rings. The van der Waals surface area contributed by atoms with Gasteiger partial charge in [-0.2, -0.15) is 0 Å². The predicted octanol–water partition coefficient (Wildman–Crippen LogP) is 1.31. The standard InChI is InChI=1S/C13H16N2O6S/c1-13(2,3)21-12(18)15-4-5-22(19,20)10-9(15)6-8(7-14-10)11(16)17/h6-7H,4-5H2,1-3H3,(H,16,17). The van der Waals surface area contributed by atoms with Crippen LogP contribution in [0.3, 0.4) is 0 Å². The number of hydrogen-bond acceptors (Lipinski definition) is 6. The monoisotopic (exact) mass is 328 g/mol. The molecule has 0 saturated carbocycles. The van der Waals surface area contributed by atoms with Gasteiger partial charge in [0.15, 0.2) is 14.9 Å². The SMILES string of the molecule is CC(C)(C)OC(=O)N1CCS(=O)(=O)c2ncc(C(=O)O)cc21. The summed E-state index contributed by atoms with van der Waals surface area (Å²) in [5.74, 6) is -1.55. The van der Waals surface area contributed by atoms with Gasteiger partial charge < -0.3 is 9.84 Å². The molecule has 0 saturated heterocycles. The highest BCUT2D eigenvalue weighted by molar-refractivity contribution is 7.91. The number of amides is 1. The van der Waals surface area contributed by atoms with Gasteiger partial charge in [0.25, 0.3) is 0 Å². The number of nitrogens with zero attached hydrogens (tertiary/aromatic N) is 2. The summed E-state index contributed by atoms with van der Waals surface area (Å²) in [6.07, 6.45) is 0.213. The van der Waals surface area contributed by atoms with Crippen LogP contribution in [-0.2, 0) is 14.6 Å². The number of carbonyl (C=O) groups is 2. The van der Waals surface area contributed by atoms with Gasteiger partial charge in [-0.1, -0.05) is 0 Å². The Kier molecular flexibility index (Phi) is 3.86. The van der Waals surface area contributed by atoms with Crippen molar-refractivity contribution in [2.24, 2.45) is 0 Å². The lowest BCUT2D eigenvalue weighted by atomic mass is 10.2. The Bertz CT molecular complexity index is 735. The highest BCUT2D eigenvalue weighted by Gasteiger charge is 2.35. The number of rotatable bonds is 1. The van der Waals surface area contributed by atoms with Gasteiger partial charge in [0, 0.05) is 12.7 Å². The number of carboxylic acids is 1. The number of hydrogen-bond donors (Lipinski definition) is 1. The fourth-order valence-electron chi connectivity index (χ4n) is 1.93. The molecule has 2 heterocycles. The molecule has 1 amide bonds. The number of ether oxygens (including phenoxy) is 1. The van der Waals surface area contributed by atoms with Crippen molar-refractivity contribution in [3.05, 3.63) is 17.8 Å². The molecule has 2 rings (SSSR count). The molecule has 0 aliphatic carbocycles. The largest absolute Gasteiger partial charge is 0.478 e. The second-order valence-electron chi connectivity index (χ2n) is 5.80. The molecule has 1 aliphatic heterocycles. The van der Waals surface area contributed by atoms with E-state index in [1.807, 2.05) is 0 Å². The average molecular weight is 328 g/mol. The van der Waals surface area contributed by atoms with E-state index in [0.29, 0.717) is 0 Å². The normalized spacial score (nSPS) is 16.8. The van der Waals surface area contributed by atoms with Gasteiger partial charge >= 0.3 is 12.1 Å². The van der Waals surface area contributed by atoms with Crippen molar-refractivity contribution in [2.45, 2.75) is 31.4 Å². The predicted molar refractivity (Wildman–Crippen MR) is 76.8 cm³/mol. The van der Waals surface area contributed by atoms with E-state index >= 15 is 0 Å². The third kappa shape index (κ3) is 3.19. The number of aromatic carboxylic acids is 1. The first-order valence-electron chi connectivity index (χ1n) is 6.48. The van der Waals surface area contributed by atoms with Crippen LogP contribution in [0.4, 0.5) is 10.5 Å². The van der Waals surface area contributed by atoms with Crippen molar-refractivity contribution in [1.82, 2.24) is 4.98 Å². The summed E-state index contributed by atoms with van der Waals surface area (Å²) in [5, 5.41) is 8.69. The maximum absolute atomic E-state index is 12.2. The maximum atomic E-state index is 12.2. The number of carboxylic acid groups (broad SMARTS) is 1. The molecule has 0 atom stereocenters. The smallest absolute Gasteiger partial charge is 0.414 e. The molecule has 0 fully saturated rings. The number of aromatic nitrogens is 1. The van der Waals surface area contributed by atoms with Crippen LogP contribution in [0.1, 0.15) is 31.1 Å². The molecule has 8 nitrogen and oxygen atoms in total. The minimum Gasteiger partial charge on any atom is -0.478 e. The molecule has 0 aromatic carbocycles. The quantitative estimate of drug-likeness (QED) is 0.826. The number of fused-ring (bicyclic) bond motifs is 1. The number of pyridine rings is 1. The number of anilines is 1. The first kappa shape index (κ1) is 16.2. The van der Waals surface area contributed by atoms with Gasteiger partial charge in [-0.15, -0.1) is 0 Å². The van der Waals surface area contributed by atoms with Gasteiger partial charge in [-0.05, 0) is 26.8 Å². The molecule has 0 bridgehead atoms. The number of sulfone groups is 1. The Morgan fingerprint density at radius 1 is 1.36 bits per heavy atom. The van der Waals surface area contributed by atoms with Crippen LogP contribution in [0.2, 0.25) is 0 Å². The van der Waals surface area contributed by atoms with Crippen LogP contribution in [0, 0.1) is 0 Å². The fraction of sp³-hybridized carbons (Fsp3) is 0.462. The molecule has 120 valence electrons. The van der Waals surface area contributed by atoms with E-state index in [1.54, 1.807) is 20.8 Å². The zero-order chi connectivity index (χ0) is 16.7. The number of carbonyl (C=O) groups excluding carboxylic acids is 1. The molecular formula is C13H16N2O6S. The Morgan fingerprint density at radius 3 is 2.55 bits per heavy atom. The highest BCUT2D eigenvalue weighted by Crippen LogP contribution is 2.30. The van der Waals surface area contributed by atoms with Crippen molar-refractivity contribution in [2.75, 3.05) is 17.2 Å². The topological polar surface area (TPSA) is 114 Å². The van der Waals surface area contributed by atoms with Crippen molar-refractivity contribution < 1.29 is 27.9 Å². The third-order valence-electron chi connectivity index (χ3n) is 2.86. The van der Waals surface area contributed by atoms with E-state index in [1.165, 1.54) is 0 Å². The lowest BCUT2D eigenvalue weighted by Gasteiger charge is -2.30. The minimum atomic E-state index is -3.65. The van der Waals surface area contributed by atoms with E-state index in [-0.39, 0.29) is 28.6 Å². The van der Waals surface area contributed by atoms with Crippen molar-refractivity contribution in [3.8, 4) is 0 Å². The van der Waals surface area contributed by atoms with Crippen molar-refractivity contribution >= 4 is 27.6 Å². The van der Waals surface area contributed by atoms with Gasteiger partial charge in [-0.3, -0.25) is 4.90 Å².